The highest BCUT2D eigenvalue weighted by atomic mass is 16.4. The molecule has 0 spiro atoms. The molecule has 4 nitrogen and oxygen atoms in total. The van der Waals surface area contributed by atoms with Crippen LogP contribution in [0.25, 0.3) is 0 Å². The molecule has 2 N–H and O–H groups in total. The summed E-state index contributed by atoms with van der Waals surface area (Å²) >= 11 is 0. The summed E-state index contributed by atoms with van der Waals surface area (Å²) in [4.78, 5) is 22.7. The van der Waals surface area contributed by atoms with Gasteiger partial charge in [-0.2, -0.15) is 0 Å². The maximum atomic E-state index is 11.4. The van der Waals surface area contributed by atoms with Gasteiger partial charge >= 0.3 is 11.9 Å². The smallest absolute Gasteiger partial charge is 0.308 e. The van der Waals surface area contributed by atoms with Gasteiger partial charge < -0.3 is 10.2 Å². The van der Waals surface area contributed by atoms with Crippen molar-refractivity contribution in [3.8, 4) is 0 Å². The number of allylic oxidation sites excluding steroid dienone is 4. The molecule has 0 fully saturated rings. The van der Waals surface area contributed by atoms with Gasteiger partial charge in [-0.1, -0.05) is 30.2 Å². The molecule has 0 heterocycles. The number of hydrogen-bond acceptors (Lipinski definition) is 2. The maximum Gasteiger partial charge on any atom is 0.308 e. The fourth-order valence-corrected chi connectivity index (χ4v) is 2.62. The first kappa shape index (κ1) is 14.5. The summed E-state index contributed by atoms with van der Waals surface area (Å²) in [7, 11) is 0. The lowest BCUT2D eigenvalue weighted by atomic mass is 9.67. The summed E-state index contributed by atoms with van der Waals surface area (Å²) in [5.74, 6) is -4.42. The largest absolute Gasteiger partial charge is 0.481 e. The second-order valence-corrected chi connectivity index (χ2v) is 5.25. The van der Waals surface area contributed by atoms with E-state index in [2.05, 4.69) is 0 Å². The Kier molecular flexibility index (Phi) is 4.33. The molecule has 0 saturated heterocycles. The number of carboxylic acid groups (broad SMARTS) is 2. The minimum Gasteiger partial charge on any atom is -0.481 e. The first-order valence-corrected chi connectivity index (χ1v) is 6.04. The van der Waals surface area contributed by atoms with Gasteiger partial charge in [0.1, 0.15) is 0 Å². The first-order chi connectivity index (χ1) is 8.25. The molecule has 4 atom stereocenters. The Balaban J connectivity index is 3.29. The molecule has 4 unspecified atom stereocenters. The molecule has 0 aromatic carbocycles. The molecule has 0 saturated carbocycles. The van der Waals surface area contributed by atoms with E-state index in [9.17, 15) is 19.8 Å². The van der Waals surface area contributed by atoms with Gasteiger partial charge in [0, 0.05) is 5.92 Å². The summed E-state index contributed by atoms with van der Waals surface area (Å²) in [5, 5.41) is 18.6. The van der Waals surface area contributed by atoms with Gasteiger partial charge in [-0.05, 0) is 26.7 Å². The Morgan fingerprint density at radius 3 is 2.06 bits per heavy atom. The van der Waals surface area contributed by atoms with Crippen molar-refractivity contribution < 1.29 is 19.8 Å². The Morgan fingerprint density at radius 1 is 1.17 bits per heavy atom. The fraction of sp³-hybridized carbons (Fsp3) is 0.571. The lowest BCUT2D eigenvalue weighted by molar-refractivity contribution is -0.157. The van der Waals surface area contributed by atoms with Crippen molar-refractivity contribution in [2.45, 2.75) is 27.7 Å². The number of carbonyl (C=O) groups is 2. The van der Waals surface area contributed by atoms with Crippen molar-refractivity contribution in [1.82, 2.24) is 0 Å². The van der Waals surface area contributed by atoms with Crippen LogP contribution in [-0.2, 0) is 9.59 Å². The second-order valence-electron chi connectivity index (χ2n) is 5.25. The molecule has 18 heavy (non-hydrogen) atoms. The molecule has 4 heteroatoms. The van der Waals surface area contributed by atoms with Crippen LogP contribution in [0.3, 0.4) is 0 Å². The SMILES string of the molecule is CC(C)=CC1C=C(C)C(C)C(C(=O)O)C1C(=O)O. The average molecular weight is 252 g/mol. The van der Waals surface area contributed by atoms with Crippen LogP contribution >= 0.6 is 0 Å². The zero-order valence-corrected chi connectivity index (χ0v) is 11.2. The molecule has 0 amide bonds. The molecule has 0 aromatic heterocycles. The minimum absolute atomic E-state index is 0.245. The molecule has 0 aromatic rings. The topological polar surface area (TPSA) is 74.6 Å². The van der Waals surface area contributed by atoms with Crippen LogP contribution in [0.1, 0.15) is 27.7 Å². The van der Waals surface area contributed by atoms with E-state index in [4.69, 9.17) is 0 Å². The highest BCUT2D eigenvalue weighted by molar-refractivity contribution is 5.82. The van der Waals surface area contributed by atoms with Crippen LogP contribution in [-0.4, -0.2) is 22.2 Å². The van der Waals surface area contributed by atoms with E-state index in [0.717, 1.165) is 11.1 Å². The Hall–Kier alpha value is -1.58. The maximum absolute atomic E-state index is 11.4. The average Bonchev–Trinajstić information content (AvgIpc) is 2.20. The number of hydrogen-bond donors (Lipinski definition) is 2. The molecule has 1 aliphatic rings. The van der Waals surface area contributed by atoms with Gasteiger partial charge in [-0.25, -0.2) is 0 Å². The lowest BCUT2D eigenvalue weighted by Crippen LogP contribution is -2.41. The minimum atomic E-state index is -1.04. The fourth-order valence-electron chi connectivity index (χ4n) is 2.62. The zero-order valence-electron chi connectivity index (χ0n) is 11.2. The number of carboxylic acids is 2. The van der Waals surface area contributed by atoms with Crippen molar-refractivity contribution in [2.24, 2.45) is 23.7 Å². The first-order valence-electron chi connectivity index (χ1n) is 6.04. The third kappa shape index (κ3) is 2.81. The van der Waals surface area contributed by atoms with E-state index in [-0.39, 0.29) is 11.8 Å². The van der Waals surface area contributed by atoms with E-state index < -0.39 is 23.8 Å². The van der Waals surface area contributed by atoms with Crippen molar-refractivity contribution in [3.63, 3.8) is 0 Å². The lowest BCUT2D eigenvalue weighted by Gasteiger charge is -2.35. The molecule has 100 valence electrons. The van der Waals surface area contributed by atoms with E-state index in [1.165, 1.54) is 0 Å². The van der Waals surface area contributed by atoms with Gasteiger partial charge in [-0.3, -0.25) is 9.59 Å². The van der Waals surface area contributed by atoms with Crippen LogP contribution in [0.2, 0.25) is 0 Å². The van der Waals surface area contributed by atoms with Gasteiger partial charge in [0.15, 0.2) is 0 Å². The van der Waals surface area contributed by atoms with Crippen LogP contribution in [0.4, 0.5) is 0 Å². The van der Waals surface area contributed by atoms with Crippen molar-refractivity contribution in [3.05, 3.63) is 23.3 Å². The van der Waals surface area contributed by atoms with Gasteiger partial charge in [0.2, 0.25) is 0 Å². The van der Waals surface area contributed by atoms with Gasteiger partial charge in [-0.15, -0.1) is 0 Å². The van der Waals surface area contributed by atoms with E-state index in [1.54, 1.807) is 6.92 Å². The Labute approximate surface area is 107 Å². The third-order valence-electron chi connectivity index (χ3n) is 3.61. The predicted octanol–water partition coefficient (Wildman–Crippen LogP) is 2.57. The predicted molar refractivity (Wildman–Crippen MR) is 68.1 cm³/mol. The van der Waals surface area contributed by atoms with E-state index in [0.29, 0.717) is 0 Å². The van der Waals surface area contributed by atoms with E-state index >= 15 is 0 Å². The van der Waals surface area contributed by atoms with Crippen LogP contribution < -0.4 is 0 Å². The normalized spacial score (nSPS) is 31.4. The molecule has 0 aliphatic heterocycles. The second kappa shape index (κ2) is 5.38. The molecular formula is C14H20O4. The summed E-state index contributed by atoms with van der Waals surface area (Å²) in [6.07, 6.45) is 3.72. The summed E-state index contributed by atoms with van der Waals surface area (Å²) in [5.41, 5.74) is 1.94. The van der Waals surface area contributed by atoms with Crippen molar-refractivity contribution in [1.29, 1.82) is 0 Å². The molecular weight excluding hydrogens is 232 g/mol. The number of rotatable bonds is 3. The number of aliphatic carboxylic acids is 2. The van der Waals surface area contributed by atoms with Gasteiger partial charge in [0.05, 0.1) is 11.8 Å². The van der Waals surface area contributed by atoms with Crippen molar-refractivity contribution >= 4 is 11.9 Å². The summed E-state index contributed by atoms with van der Waals surface area (Å²) in [6, 6.07) is 0. The summed E-state index contributed by atoms with van der Waals surface area (Å²) in [6.45, 7) is 7.41. The van der Waals surface area contributed by atoms with Crippen LogP contribution in [0, 0.1) is 23.7 Å². The highest BCUT2D eigenvalue weighted by Crippen LogP contribution is 2.39. The highest BCUT2D eigenvalue weighted by Gasteiger charge is 2.44. The zero-order chi connectivity index (χ0) is 14.0. The monoisotopic (exact) mass is 252 g/mol. The summed E-state index contributed by atoms with van der Waals surface area (Å²) < 4.78 is 0. The molecule has 1 aliphatic carbocycles. The van der Waals surface area contributed by atoms with Crippen LogP contribution in [0.15, 0.2) is 23.3 Å². The van der Waals surface area contributed by atoms with Crippen molar-refractivity contribution in [2.75, 3.05) is 0 Å². The van der Waals surface area contributed by atoms with Gasteiger partial charge in [0.25, 0.3) is 0 Å². The molecule has 0 radical (unpaired) electrons. The quantitative estimate of drug-likeness (QED) is 0.757. The molecule has 0 bridgehead atoms. The Morgan fingerprint density at radius 2 is 1.67 bits per heavy atom. The molecule has 1 rings (SSSR count). The standard InChI is InChI=1S/C14H20O4/c1-7(2)5-10-6-8(3)9(4)11(13(15)16)12(10)14(17)18/h5-6,9-12H,1-4H3,(H,15,16)(H,17,18). The Bertz CT molecular complexity index is 416. The van der Waals surface area contributed by atoms with E-state index in [1.807, 2.05) is 32.9 Å². The third-order valence-corrected chi connectivity index (χ3v) is 3.61. The van der Waals surface area contributed by atoms with Crippen LogP contribution in [0.5, 0.6) is 0 Å².